The molecule has 1 aliphatic rings. The molecule has 1 amide bonds. The van der Waals surface area contributed by atoms with E-state index in [4.69, 9.17) is 0 Å². The molecule has 1 aromatic heterocycles. The Kier molecular flexibility index (Phi) is 3.60. The average molecular weight is 286 g/mol. The molecule has 3 rings (SSSR count). The summed E-state index contributed by atoms with van der Waals surface area (Å²) in [5.41, 5.74) is 0.543. The van der Waals surface area contributed by atoms with Gasteiger partial charge in [0.2, 0.25) is 5.91 Å². The van der Waals surface area contributed by atoms with Gasteiger partial charge in [0, 0.05) is 12.5 Å². The molecule has 2 aromatic rings. The second-order valence-electron chi connectivity index (χ2n) is 5.20. The van der Waals surface area contributed by atoms with Crippen LogP contribution >= 0.6 is 0 Å². The van der Waals surface area contributed by atoms with Crippen LogP contribution in [0.2, 0.25) is 0 Å². The van der Waals surface area contributed by atoms with E-state index in [1.54, 1.807) is 4.57 Å². The van der Waals surface area contributed by atoms with Crippen LogP contribution in [0.15, 0.2) is 35.1 Å². The zero-order valence-corrected chi connectivity index (χ0v) is 12.0. The third-order valence-electron chi connectivity index (χ3n) is 3.49. The molecular weight excluding hydrogens is 268 g/mol. The Morgan fingerprint density at radius 3 is 2.67 bits per heavy atom. The van der Waals surface area contributed by atoms with E-state index in [2.05, 4.69) is 10.4 Å². The first kappa shape index (κ1) is 13.6. The van der Waals surface area contributed by atoms with Gasteiger partial charge in [-0.3, -0.25) is 4.79 Å². The second-order valence-corrected chi connectivity index (χ2v) is 5.20. The lowest BCUT2D eigenvalue weighted by Crippen LogP contribution is -2.33. The van der Waals surface area contributed by atoms with Gasteiger partial charge in [-0.25, -0.2) is 14.0 Å². The van der Waals surface area contributed by atoms with E-state index in [1.807, 2.05) is 37.3 Å². The first-order valence-corrected chi connectivity index (χ1v) is 7.22. The zero-order valence-electron chi connectivity index (χ0n) is 12.0. The number of hydrogen-bond donors (Lipinski definition) is 1. The van der Waals surface area contributed by atoms with Crippen LogP contribution < -0.4 is 11.0 Å². The number of rotatable bonds is 5. The summed E-state index contributed by atoms with van der Waals surface area (Å²) in [7, 11) is 0. The fourth-order valence-electron chi connectivity index (χ4n) is 2.34. The maximum atomic E-state index is 12.5. The molecule has 0 atom stereocenters. The molecule has 0 unspecified atom stereocenters. The molecule has 1 N–H and O–H groups in total. The van der Waals surface area contributed by atoms with Gasteiger partial charge in [0.05, 0.1) is 5.69 Å². The highest BCUT2D eigenvalue weighted by molar-refractivity contribution is 5.75. The van der Waals surface area contributed by atoms with Gasteiger partial charge in [0.1, 0.15) is 12.4 Å². The van der Waals surface area contributed by atoms with Gasteiger partial charge in [-0.2, -0.15) is 5.10 Å². The Bertz CT molecular complexity index is 698. The minimum absolute atomic E-state index is 0.0355. The largest absolute Gasteiger partial charge is 0.355 e. The lowest BCUT2D eigenvalue weighted by Gasteiger charge is -2.03. The maximum absolute atomic E-state index is 12.5. The van der Waals surface area contributed by atoms with Gasteiger partial charge in [-0.05, 0) is 31.9 Å². The standard InChI is InChI=1S/C15H18N4O2/c1-2-16-13(20)10-18-15(21)19(12-6-4-3-5-7-12)14(17-18)11-8-9-11/h3-7,11H,2,8-10H2,1H3,(H,16,20). The lowest BCUT2D eigenvalue weighted by atomic mass is 10.3. The van der Waals surface area contributed by atoms with Crippen molar-refractivity contribution in [1.29, 1.82) is 0 Å². The second kappa shape index (κ2) is 5.55. The fourth-order valence-corrected chi connectivity index (χ4v) is 2.34. The Labute approximate surface area is 122 Å². The third kappa shape index (κ3) is 2.74. The smallest absolute Gasteiger partial charge is 0.351 e. The predicted molar refractivity (Wildman–Crippen MR) is 78.5 cm³/mol. The summed E-state index contributed by atoms with van der Waals surface area (Å²) in [5.74, 6) is 0.892. The first-order chi connectivity index (χ1) is 10.2. The number of carbonyl (C=O) groups is 1. The molecule has 0 radical (unpaired) electrons. The summed E-state index contributed by atoms with van der Waals surface area (Å²) in [5, 5.41) is 7.06. The van der Waals surface area contributed by atoms with Gasteiger partial charge >= 0.3 is 5.69 Å². The molecule has 21 heavy (non-hydrogen) atoms. The molecule has 1 heterocycles. The number of benzene rings is 1. The molecule has 0 saturated heterocycles. The quantitative estimate of drug-likeness (QED) is 0.893. The van der Waals surface area contributed by atoms with E-state index in [9.17, 15) is 9.59 Å². The number of nitrogens with zero attached hydrogens (tertiary/aromatic N) is 3. The number of amides is 1. The third-order valence-corrected chi connectivity index (χ3v) is 3.49. The molecule has 6 heteroatoms. The van der Waals surface area contributed by atoms with E-state index in [0.29, 0.717) is 12.5 Å². The van der Waals surface area contributed by atoms with Crippen molar-refractivity contribution in [3.8, 4) is 5.69 Å². The van der Waals surface area contributed by atoms with E-state index in [1.165, 1.54) is 4.68 Å². The molecular formula is C15H18N4O2. The summed E-state index contributed by atoms with van der Waals surface area (Å²) in [6.07, 6.45) is 2.09. The van der Waals surface area contributed by atoms with Gasteiger partial charge in [0.25, 0.3) is 0 Å². The van der Waals surface area contributed by atoms with Crippen LogP contribution in [-0.2, 0) is 11.3 Å². The highest BCUT2D eigenvalue weighted by atomic mass is 16.2. The average Bonchev–Trinajstić information content (AvgIpc) is 3.27. The SMILES string of the molecule is CCNC(=O)Cn1nc(C2CC2)n(-c2ccccc2)c1=O. The van der Waals surface area contributed by atoms with Crippen molar-refractivity contribution in [2.45, 2.75) is 32.2 Å². The lowest BCUT2D eigenvalue weighted by molar-refractivity contribution is -0.121. The van der Waals surface area contributed by atoms with Crippen molar-refractivity contribution in [2.75, 3.05) is 6.54 Å². The topological polar surface area (TPSA) is 68.9 Å². The van der Waals surface area contributed by atoms with Crippen molar-refractivity contribution in [3.63, 3.8) is 0 Å². The van der Waals surface area contributed by atoms with E-state index >= 15 is 0 Å². The summed E-state index contributed by atoms with van der Waals surface area (Å²) in [6, 6.07) is 9.44. The van der Waals surface area contributed by atoms with Gasteiger partial charge in [-0.15, -0.1) is 0 Å². The minimum Gasteiger partial charge on any atom is -0.355 e. The molecule has 1 saturated carbocycles. The predicted octanol–water partition coefficient (Wildman–Crippen LogP) is 1.05. The van der Waals surface area contributed by atoms with Crippen LogP contribution in [0.4, 0.5) is 0 Å². The number of para-hydroxylation sites is 1. The first-order valence-electron chi connectivity index (χ1n) is 7.22. The summed E-state index contributed by atoms with van der Waals surface area (Å²) in [4.78, 5) is 24.2. The highest BCUT2D eigenvalue weighted by Crippen LogP contribution is 2.39. The normalized spacial score (nSPS) is 14.1. The summed E-state index contributed by atoms with van der Waals surface area (Å²) in [6.45, 7) is 2.35. The van der Waals surface area contributed by atoms with Gasteiger partial charge in [-0.1, -0.05) is 18.2 Å². The molecule has 1 fully saturated rings. The van der Waals surface area contributed by atoms with E-state index in [0.717, 1.165) is 24.4 Å². The highest BCUT2D eigenvalue weighted by Gasteiger charge is 2.31. The van der Waals surface area contributed by atoms with Crippen LogP contribution in [-0.4, -0.2) is 26.8 Å². The zero-order chi connectivity index (χ0) is 14.8. The Morgan fingerprint density at radius 1 is 1.33 bits per heavy atom. The van der Waals surface area contributed by atoms with Crippen LogP contribution in [0.25, 0.3) is 5.69 Å². The van der Waals surface area contributed by atoms with Crippen molar-refractivity contribution in [2.24, 2.45) is 0 Å². The molecule has 0 aliphatic heterocycles. The Balaban J connectivity index is 2.01. The molecule has 0 bridgehead atoms. The van der Waals surface area contributed by atoms with Crippen molar-refractivity contribution < 1.29 is 4.79 Å². The van der Waals surface area contributed by atoms with Crippen molar-refractivity contribution in [3.05, 3.63) is 46.6 Å². The van der Waals surface area contributed by atoms with E-state index < -0.39 is 0 Å². The number of nitrogens with one attached hydrogen (secondary N) is 1. The van der Waals surface area contributed by atoms with Crippen molar-refractivity contribution in [1.82, 2.24) is 19.7 Å². The van der Waals surface area contributed by atoms with Crippen molar-refractivity contribution >= 4 is 5.91 Å². The number of likely N-dealkylation sites (N-methyl/N-ethyl adjacent to an activating group) is 1. The molecule has 110 valence electrons. The van der Waals surface area contributed by atoms with Gasteiger partial charge in [0.15, 0.2) is 0 Å². The van der Waals surface area contributed by atoms with Crippen LogP contribution in [0.5, 0.6) is 0 Å². The molecule has 1 aliphatic carbocycles. The monoisotopic (exact) mass is 286 g/mol. The summed E-state index contributed by atoms with van der Waals surface area (Å²) >= 11 is 0. The number of aromatic nitrogens is 3. The summed E-state index contributed by atoms with van der Waals surface area (Å²) < 4.78 is 2.88. The Morgan fingerprint density at radius 2 is 2.05 bits per heavy atom. The number of hydrogen-bond acceptors (Lipinski definition) is 3. The van der Waals surface area contributed by atoms with E-state index in [-0.39, 0.29) is 18.1 Å². The van der Waals surface area contributed by atoms with Crippen LogP contribution in [0.1, 0.15) is 31.5 Å². The molecule has 0 spiro atoms. The van der Waals surface area contributed by atoms with Gasteiger partial charge < -0.3 is 5.32 Å². The Hall–Kier alpha value is -2.37. The molecule has 6 nitrogen and oxygen atoms in total. The maximum Gasteiger partial charge on any atom is 0.351 e. The number of carbonyl (C=O) groups excluding carboxylic acids is 1. The fraction of sp³-hybridized carbons (Fsp3) is 0.400. The minimum atomic E-state index is -0.255. The molecule has 1 aromatic carbocycles. The van der Waals surface area contributed by atoms with Crippen LogP contribution in [0, 0.1) is 0 Å². The van der Waals surface area contributed by atoms with Crippen LogP contribution in [0.3, 0.4) is 0 Å².